The van der Waals surface area contributed by atoms with E-state index in [9.17, 15) is 19.2 Å². The molecule has 0 unspecified atom stereocenters. The number of amides is 1. The van der Waals surface area contributed by atoms with Crippen LogP contribution < -0.4 is 16.6 Å². The van der Waals surface area contributed by atoms with Crippen LogP contribution in [-0.2, 0) is 18.4 Å². The lowest BCUT2D eigenvalue weighted by molar-refractivity contribution is -0.116. The summed E-state index contributed by atoms with van der Waals surface area (Å²) in [6.45, 7) is 1.23. The van der Waals surface area contributed by atoms with E-state index in [1.807, 2.05) is 0 Å². The fraction of sp³-hybridized carbons (Fsp3) is 0.158. The normalized spacial score (nSPS) is 10.7. The molecule has 0 saturated carbocycles. The van der Waals surface area contributed by atoms with Crippen molar-refractivity contribution in [2.24, 2.45) is 7.05 Å². The van der Waals surface area contributed by atoms with Crippen LogP contribution in [0.15, 0.2) is 58.1 Å². The summed E-state index contributed by atoms with van der Waals surface area (Å²) < 4.78 is 2.24. The average molecular weight is 351 g/mol. The first-order chi connectivity index (χ1) is 12.4. The molecular formula is C19H17N3O4. The lowest BCUT2D eigenvalue weighted by Gasteiger charge is -2.12. The molecule has 0 saturated heterocycles. The number of anilines is 1. The van der Waals surface area contributed by atoms with Crippen LogP contribution in [0.4, 0.5) is 5.69 Å². The standard InChI is InChI=1S/C19H17N3O4/c1-12(23)13-7-9-14(10-8-13)20-17(24)11-22-16-6-4-3-5-15(16)18(25)21(2)19(22)26/h3-10H,11H2,1-2H3,(H,20,24). The van der Waals surface area contributed by atoms with Gasteiger partial charge in [0.15, 0.2) is 5.78 Å². The van der Waals surface area contributed by atoms with Gasteiger partial charge in [0.2, 0.25) is 5.91 Å². The Labute approximate surface area is 148 Å². The summed E-state index contributed by atoms with van der Waals surface area (Å²) in [6, 6.07) is 13.1. The number of nitrogens with one attached hydrogen (secondary N) is 1. The fourth-order valence-corrected chi connectivity index (χ4v) is 2.73. The van der Waals surface area contributed by atoms with E-state index < -0.39 is 17.2 Å². The third-order valence-corrected chi connectivity index (χ3v) is 4.12. The second kappa shape index (κ2) is 6.79. The van der Waals surface area contributed by atoms with Gasteiger partial charge in [0, 0.05) is 18.3 Å². The second-order valence-electron chi connectivity index (χ2n) is 5.93. The lowest BCUT2D eigenvalue weighted by Crippen LogP contribution is -2.40. The molecule has 7 nitrogen and oxygen atoms in total. The minimum atomic E-state index is -0.559. The molecule has 1 amide bonds. The van der Waals surface area contributed by atoms with Crippen molar-refractivity contribution >= 4 is 28.3 Å². The van der Waals surface area contributed by atoms with Gasteiger partial charge in [-0.05, 0) is 43.3 Å². The fourth-order valence-electron chi connectivity index (χ4n) is 2.73. The molecule has 1 aromatic heterocycles. The Morgan fingerprint density at radius 2 is 1.65 bits per heavy atom. The van der Waals surface area contributed by atoms with E-state index in [-0.39, 0.29) is 12.3 Å². The van der Waals surface area contributed by atoms with Gasteiger partial charge < -0.3 is 5.32 Å². The molecule has 0 aliphatic heterocycles. The van der Waals surface area contributed by atoms with E-state index in [0.717, 1.165) is 4.57 Å². The molecule has 132 valence electrons. The molecular weight excluding hydrogens is 334 g/mol. The van der Waals surface area contributed by atoms with E-state index in [0.29, 0.717) is 22.2 Å². The van der Waals surface area contributed by atoms with Gasteiger partial charge in [0.25, 0.3) is 5.56 Å². The molecule has 0 aliphatic carbocycles. The zero-order valence-corrected chi connectivity index (χ0v) is 14.4. The summed E-state index contributed by atoms with van der Waals surface area (Å²) in [7, 11) is 1.38. The van der Waals surface area contributed by atoms with Crippen molar-refractivity contribution in [2.45, 2.75) is 13.5 Å². The lowest BCUT2D eigenvalue weighted by atomic mass is 10.1. The maximum Gasteiger partial charge on any atom is 0.331 e. The SMILES string of the molecule is CC(=O)c1ccc(NC(=O)Cn2c(=O)n(C)c(=O)c3ccccc32)cc1. The van der Waals surface area contributed by atoms with E-state index >= 15 is 0 Å². The summed E-state index contributed by atoms with van der Waals surface area (Å²) >= 11 is 0. The van der Waals surface area contributed by atoms with Gasteiger partial charge in [0.1, 0.15) is 6.54 Å². The van der Waals surface area contributed by atoms with Crippen molar-refractivity contribution in [2.75, 3.05) is 5.32 Å². The molecule has 0 bridgehead atoms. The van der Waals surface area contributed by atoms with Crippen molar-refractivity contribution in [3.63, 3.8) is 0 Å². The molecule has 0 spiro atoms. The number of rotatable bonds is 4. The number of fused-ring (bicyclic) bond motifs is 1. The van der Waals surface area contributed by atoms with Crippen molar-refractivity contribution in [3.8, 4) is 0 Å². The van der Waals surface area contributed by atoms with Gasteiger partial charge in [-0.2, -0.15) is 0 Å². The number of aromatic nitrogens is 2. The monoisotopic (exact) mass is 351 g/mol. The number of nitrogens with zero attached hydrogens (tertiary/aromatic N) is 2. The molecule has 26 heavy (non-hydrogen) atoms. The largest absolute Gasteiger partial charge is 0.331 e. The molecule has 1 N–H and O–H groups in total. The van der Waals surface area contributed by atoms with Gasteiger partial charge in [0.05, 0.1) is 10.9 Å². The number of ketones is 1. The summed E-state index contributed by atoms with van der Waals surface area (Å²) in [5, 5.41) is 3.05. The zero-order valence-electron chi connectivity index (χ0n) is 14.4. The Morgan fingerprint density at radius 3 is 2.31 bits per heavy atom. The second-order valence-corrected chi connectivity index (χ2v) is 5.93. The first kappa shape index (κ1) is 17.3. The molecule has 3 aromatic rings. The van der Waals surface area contributed by atoms with E-state index in [4.69, 9.17) is 0 Å². The van der Waals surface area contributed by atoms with Crippen LogP contribution in [0.3, 0.4) is 0 Å². The molecule has 7 heteroatoms. The Morgan fingerprint density at radius 1 is 1.00 bits per heavy atom. The molecule has 3 rings (SSSR count). The Bertz CT molecular complexity index is 1120. The maximum absolute atomic E-state index is 12.4. The number of benzene rings is 2. The minimum absolute atomic E-state index is 0.0638. The first-order valence-corrected chi connectivity index (χ1v) is 7.98. The topological polar surface area (TPSA) is 90.2 Å². The van der Waals surface area contributed by atoms with Crippen molar-refractivity contribution in [3.05, 3.63) is 74.9 Å². The van der Waals surface area contributed by atoms with Crippen molar-refractivity contribution in [1.82, 2.24) is 9.13 Å². The first-order valence-electron chi connectivity index (χ1n) is 7.98. The van der Waals surface area contributed by atoms with Crippen LogP contribution in [0.2, 0.25) is 0 Å². The highest BCUT2D eigenvalue weighted by Crippen LogP contribution is 2.11. The zero-order chi connectivity index (χ0) is 18.8. The summed E-state index contributed by atoms with van der Waals surface area (Å²) in [5.74, 6) is -0.474. The third kappa shape index (κ3) is 3.19. The van der Waals surface area contributed by atoms with E-state index in [2.05, 4.69) is 5.32 Å². The van der Waals surface area contributed by atoms with Crippen molar-refractivity contribution in [1.29, 1.82) is 0 Å². The predicted octanol–water partition coefficient (Wildman–Crippen LogP) is 1.54. The van der Waals surface area contributed by atoms with Gasteiger partial charge in [-0.15, -0.1) is 0 Å². The van der Waals surface area contributed by atoms with Crippen LogP contribution in [0.5, 0.6) is 0 Å². The summed E-state index contributed by atoms with van der Waals surface area (Å²) in [4.78, 5) is 48.3. The van der Waals surface area contributed by atoms with Gasteiger partial charge in [-0.25, -0.2) is 4.79 Å². The smallest absolute Gasteiger partial charge is 0.325 e. The molecule has 2 aromatic carbocycles. The van der Waals surface area contributed by atoms with Gasteiger partial charge >= 0.3 is 5.69 Å². The molecule has 0 aliphatic rings. The van der Waals surface area contributed by atoms with Crippen LogP contribution in [-0.4, -0.2) is 20.8 Å². The maximum atomic E-state index is 12.4. The van der Waals surface area contributed by atoms with Crippen LogP contribution in [0.1, 0.15) is 17.3 Å². The number of hydrogen-bond donors (Lipinski definition) is 1. The number of para-hydroxylation sites is 1. The van der Waals surface area contributed by atoms with Crippen LogP contribution in [0, 0.1) is 0 Å². The van der Waals surface area contributed by atoms with Gasteiger partial charge in [-0.1, -0.05) is 12.1 Å². The highest BCUT2D eigenvalue weighted by molar-refractivity contribution is 5.95. The number of carbonyl (C=O) groups excluding carboxylic acids is 2. The van der Waals surface area contributed by atoms with Crippen LogP contribution in [0.25, 0.3) is 10.9 Å². The molecule has 0 atom stereocenters. The minimum Gasteiger partial charge on any atom is -0.325 e. The number of carbonyl (C=O) groups is 2. The number of Topliss-reactive ketones (excluding diaryl/α,β-unsaturated/α-hetero) is 1. The Balaban J connectivity index is 1.91. The van der Waals surface area contributed by atoms with Gasteiger partial charge in [-0.3, -0.25) is 23.5 Å². The molecule has 0 radical (unpaired) electrons. The predicted molar refractivity (Wildman–Crippen MR) is 98.5 cm³/mol. The summed E-state index contributed by atoms with van der Waals surface area (Å²) in [5.41, 5.74) is 0.506. The summed E-state index contributed by atoms with van der Waals surface area (Å²) in [6.07, 6.45) is 0. The highest BCUT2D eigenvalue weighted by atomic mass is 16.2. The number of hydrogen-bond acceptors (Lipinski definition) is 4. The Hall–Kier alpha value is -3.48. The Kier molecular flexibility index (Phi) is 4.53. The van der Waals surface area contributed by atoms with Crippen LogP contribution >= 0.6 is 0 Å². The average Bonchev–Trinajstić information content (AvgIpc) is 2.64. The van der Waals surface area contributed by atoms with Crippen molar-refractivity contribution < 1.29 is 9.59 Å². The van der Waals surface area contributed by atoms with E-state index in [1.165, 1.54) is 18.5 Å². The quantitative estimate of drug-likeness (QED) is 0.722. The highest BCUT2D eigenvalue weighted by Gasteiger charge is 2.13. The molecule has 1 heterocycles. The molecule has 0 fully saturated rings. The third-order valence-electron chi connectivity index (χ3n) is 4.12. The van der Waals surface area contributed by atoms with E-state index in [1.54, 1.807) is 48.5 Å².